The number of Topliss-reactive ketones (excluding diaryl/α,β-unsaturated/α-hetero) is 1. The van der Waals surface area contributed by atoms with Gasteiger partial charge in [0.15, 0.2) is 12.4 Å². The van der Waals surface area contributed by atoms with Crippen LogP contribution in [0.1, 0.15) is 23.7 Å². The van der Waals surface area contributed by atoms with E-state index in [2.05, 4.69) is 0 Å². The maximum absolute atomic E-state index is 12.8. The third-order valence-corrected chi connectivity index (χ3v) is 2.83. The van der Waals surface area contributed by atoms with Gasteiger partial charge in [0.1, 0.15) is 17.3 Å². The van der Waals surface area contributed by atoms with Gasteiger partial charge in [-0.1, -0.05) is 6.92 Å². The maximum atomic E-state index is 12.8. The molecule has 0 aliphatic rings. The molecule has 4 heteroatoms. The molecule has 110 valence electrons. The molecule has 0 atom stereocenters. The van der Waals surface area contributed by atoms with E-state index in [1.54, 1.807) is 24.3 Å². The van der Waals surface area contributed by atoms with Crippen LogP contribution >= 0.6 is 0 Å². The summed E-state index contributed by atoms with van der Waals surface area (Å²) in [5.41, 5.74) is 0.430. The minimum Gasteiger partial charge on any atom is -0.494 e. The fourth-order valence-electron chi connectivity index (χ4n) is 1.72. The monoisotopic (exact) mass is 288 g/mol. The van der Waals surface area contributed by atoms with Crippen molar-refractivity contribution in [1.29, 1.82) is 0 Å². The summed E-state index contributed by atoms with van der Waals surface area (Å²) in [7, 11) is 0. The zero-order valence-corrected chi connectivity index (χ0v) is 11.8. The van der Waals surface area contributed by atoms with Gasteiger partial charge in [-0.25, -0.2) is 4.39 Å². The van der Waals surface area contributed by atoms with Crippen molar-refractivity contribution >= 4 is 5.78 Å². The summed E-state index contributed by atoms with van der Waals surface area (Å²) < 4.78 is 23.6. The molecular formula is C17H17FO3. The topological polar surface area (TPSA) is 35.5 Å². The SMILES string of the molecule is CCCOc1ccc(OCC(=O)c2ccc(F)cc2)cc1. The fraction of sp³-hybridized carbons (Fsp3) is 0.235. The zero-order valence-electron chi connectivity index (χ0n) is 11.8. The van der Waals surface area contributed by atoms with E-state index in [1.807, 2.05) is 6.92 Å². The number of hydrogen-bond acceptors (Lipinski definition) is 3. The lowest BCUT2D eigenvalue weighted by Gasteiger charge is -2.08. The van der Waals surface area contributed by atoms with Crippen LogP contribution in [0.5, 0.6) is 11.5 Å². The second kappa shape index (κ2) is 7.43. The lowest BCUT2D eigenvalue weighted by atomic mass is 10.1. The minimum atomic E-state index is -0.366. The second-order valence-electron chi connectivity index (χ2n) is 4.54. The summed E-state index contributed by atoms with van der Waals surface area (Å²) in [4.78, 5) is 11.9. The van der Waals surface area contributed by atoms with Gasteiger partial charge in [0.25, 0.3) is 0 Å². The van der Waals surface area contributed by atoms with Gasteiger partial charge < -0.3 is 9.47 Å². The van der Waals surface area contributed by atoms with E-state index in [4.69, 9.17) is 9.47 Å². The molecular weight excluding hydrogens is 271 g/mol. The molecule has 21 heavy (non-hydrogen) atoms. The molecule has 0 aromatic heterocycles. The summed E-state index contributed by atoms with van der Waals surface area (Å²) in [5.74, 6) is 0.805. The molecule has 0 radical (unpaired) electrons. The largest absolute Gasteiger partial charge is 0.494 e. The van der Waals surface area contributed by atoms with Crippen LogP contribution in [-0.4, -0.2) is 19.0 Å². The van der Waals surface area contributed by atoms with Crippen molar-refractivity contribution in [3.63, 3.8) is 0 Å². The van der Waals surface area contributed by atoms with Crippen LogP contribution in [0.15, 0.2) is 48.5 Å². The molecule has 0 amide bonds. The van der Waals surface area contributed by atoms with Crippen molar-refractivity contribution in [3.8, 4) is 11.5 Å². The molecule has 0 unspecified atom stereocenters. The number of halogens is 1. The van der Waals surface area contributed by atoms with Gasteiger partial charge in [-0.3, -0.25) is 4.79 Å². The standard InChI is InChI=1S/C17H17FO3/c1-2-11-20-15-7-9-16(10-8-15)21-12-17(19)13-3-5-14(18)6-4-13/h3-10H,2,11-12H2,1H3. The van der Waals surface area contributed by atoms with E-state index in [0.29, 0.717) is 17.9 Å². The summed E-state index contributed by atoms with van der Waals surface area (Å²) in [6.45, 7) is 2.63. The Balaban J connectivity index is 1.87. The molecule has 2 aromatic carbocycles. The zero-order chi connectivity index (χ0) is 15.1. The Kier molecular flexibility index (Phi) is 5.32. The number of carbonyl (C=O) groups is 1. The smallest absolute Gasteiger partial charge is 0.200 e. The van der Waals surface area contributed by atoms with Gasteiger partial charge in [0.05, 0.1) is 6.61 Å². The summed E-state index contributed by atoms with van der Waals surface area (Å²) in [6.07, 6.45) is 0.949. The van der Waals surface area contributed by atoms with Crippen LogP contribution in [0, 0.1) is 5.82 Å². The summed E-state index contributed by atoms with van der Waals surface area (Å²) in [5, 5.41) is 0. The van der Waals surface area contributed by atoms with Gasteiger partial charge in [-0.15, -0.1) is 0 Å². The first-order valence-electron chi connectivity index (χ1n) is 6.83. The Labute approximate surface area is 123 Å². The average Bonchev–Trinajstić information content (AvgIpc) is 2.52. The third kappa shape index (κ3) is 4.60. The Hall–Kier alpha value is -2.36. The van der Waals surface area contributed by atoms with Crippen LogP contribution < -0.4 is 9.47 Å². The minimum absolute atomic E-state index is 0.0825. The highest BCUT2D eigenvalue weighted by molar-refractivity contribution is 5.97. The fourth-order valence-corrected chi connectivity index (χ4v) is 1.72. The molecule has 0 spiro atoms. The summed E-state index contributed by atoms with van der Waals surface area (Å²) in [6, 6.07) is 12.5. The molecule has 0 aliphatic carbocycles. The molecule has 0 bridgehead atoms. The highest BCUT2D eigenvalue weighted by atomic mass is 19.1. The van der Waals surface area contributed by atoms with E-state index in [1.165, 1.54) is 24.3 Å². The lowest BCUT2D eigenvalue weighted by molar-refractivity contribution is 0.0921. The maximum Gasteiger partial charge on any atom is 0.200 e. The van der Waals surface area contributed by atoms with Crippen LogP contribution in [0.25, 0.3) is 0 Å². The highest BCUT2D eigenvalue weighted by Gasteiger charge is 2.07. The summed E-state index contributed by atoms with van der Waals surface area (Å²) >= 11 is 0. The van der Waals surface area contributed by atoms with Gasteiger partial charge in [-0.2, -0.15) is 0 Å². The molecule has 0 heterocycles. The molecule has 0 fully saturated rings. The van der Waals surface area contributed by atoms with Crippen LogP contribution in [0.2, 0.25) is 0 Å². The van der Waals surface area contributed by atoms with Crippen molar-refractivity contribution in [2.45, 2.75) is 13.3 Å². The first-order valence-corrected chi connectivity index (χ1v) is 6.83. The normalized spacial score (nSPS) is 10.2. The third-order valence-electron chi connectivity index (χ3n) is 2.83. The Morgan fingerprint density at radius 3 is 2.10 bits per heavy atom. The van der Waals surface area contributed by atoms with E-state index < -0.39 is 0 Å². The van der Waals surface area contributed by atoms with Gasteiger partial charge >= 0.3 is 0 Å². The van der Waals surface area contributed by atoms with E-state index in [9.17, 15) is 9.18 Å². The van der Waals surface area contributed by atoms with Gasteiger partial charge in [0.2, 0.25) is 0 Å². The van der Waals surface area contributed by atoms with Gasteiger partial charge in [-0.05, 0) is 55.0 Å². The van der Waals surface area contributed by atoms with E-state index >= 15 is 0 Å². The number of ketones is 1. The molecule has 3 nitrogen and oxygen atoms in total. The quantitative estimate of drug-likeness (QED) is 0.725. The number of carbonyl (C=O) groups excluding carboxylic acids is 1. The first kappa shape index (κ1) is 15.0. The Morgan fingerprint density at radius 2 is 1.52 bits per heavy atom. The predicted molar refractivity (Wildman–Crippen MR) is 78.5 cm³/mol. The number of ether oxygens (including phenoxy) is 2. The molecule has 0 aliphatic heterocycles. The molecule has 2 aromatic rings. The molecule has 2 rings (SSSR count). The van der Waals surface area contributed by atoms with Crippen molar-refractivity contribution < 1.29 is 18.7 Å². The van der Waals surface area contributed by atoms with Crippen LogP contribution in [-0.2, 0) is 0 Å². The average molecular weight is 288 g/mol. The first-order chi connectivity index (χ1) is 10.2. The highest BCUT2D eigenvalue weighted by Crippen LogP contribution is 2.18. The van der Waals surface area contributed by atoms with Crippen LogP contribution in [0.3, 0.4) is 0 Å². The number of rotatable bonds is 7. The van der Waals surface area contributed by atoms with Gasteiger partial charge in [0, 0.05) is 5.56 Å². The van der Waals surface area contributed by atoms with Crippen LogP contribution in [0.4, 0.5) is 4.39 Å². The lowest BCUT2D eigenvalue weighted by Crippen LogP contribution is -2.11. The number of hydrogen-bond donors (Lipinski definition) is 0. The number of benzene rings is 2. The van der Waals surface area contributed by atoms with E-state index in [0.717, 1.165) is 12.2 Å². The Morgan fingerprint density at radius 1 is 0.952 bits per heavy atom. The van der Waals surface area contributed by atoms with Crippen molar-refractivity contribution in [1.82, 2.24) is 0 Å². The molecule has 0 saturated carbocycles. The van der Waals surface area contributed by atoms with Crippen molar-refractivity contribution in [3.05, 3.63) is 59.9 Å². The van der Waals surface area contributed by atoms with Crippen molar-refractivity contribution in [2.24, 2.45) is 0 Å². The Bertz CT molecular complexity index is 576. The van der Waals surface area contributed by atoms with E-state index in [-0.39, 0.29) is 18.2 Å². The molecule has 0 N–H and O–H groups in total. The van der Waals surface area contributed by atoms with Crippen molar-refractivity contribution in [2.75, 3.05) is 13.2 Å². The molecule has 0 saturated heterocycles. The predicted octanol–water partition coefficient (Wildman–Crippen LogP) is 3.88. The second-order valence-corrected chi connectivity index (χ2v) is 4.54.